The van der Waals surface area contributed by atoms with Crippen LogP contribution < -0.4 is 5.32 Å². The summed E-state index contributed by atoms with van der Waals surface area (Å²) in [5.41, 5.74) is 4.20. The highest BCUT2D eigenvalue weighted by molar-refractivity contribution is 7.99. The van der Waals surface area contributed by atoms with E-state index in [0.29, 0.717) is 17.1 Å². The molecule has 6 heteroatoms. The quantitative estimate of drug-likeness (QED) is 0.478. The molecule has 0 aliphatic heterocycles. The van der Waals surface area contributed by atoms with E-state index < -0.39 is 0 Å². The Morgan fingerprint density at radius 3 is 2.68 bits per heavy atom. The van der Waals surface area contributed by atoms with E-state index in [1.54, 1.807) is 12.3 Å². The molecule has 28 heavy (non-hydrogen) atoms. The van der Waals surface area contributed by atoms with Crippen LogP contribution in [-0.2, 0) is 6.42 Å². The highest BCUT2D eigenvalue weighted by Gasteiger charge is 2.14. The summed E-state index contributed by atoms with van der Waals surface area (Å²) in [6.07, 6.45) is 2.39. The summed E-state index contributed by atoms with van der Waals surface area (Å²) in [7, 11) is 0. The van der Waals surface area contributed by atoms with Crippen molar-refractivity contribution in [3.8, 4) is 0 Å². The number of halogens is 2. The third kappa shape index (κ3) is 5.51. The first kappa shape index (κ1) is 20.7. The van der Waals surface area contributed by atoms with Gasteiger partial charge in [-0.2, -0.15) is 0 Å². The predicted molar refractivity (Wildman–Crippen MR) is 117 cm³/mol. The molecule has 3 rings (SSSR count). The van der Waals surface area contributed by atoms with Gasteiger partial charge in [0.25, 0.3) is 5.91 Å². The number of nitrogens with one attached hydrogen (secondary N) is 1. The Balaban J connectivity index is 1.71. The number of pyridine rings is 1. The van der Waals surface area contributed by atoms with E-state index in [1.807, 2.05) is 24.3 Å². The zero-order chi connectivity index (χ0) is 20.1. The van der Waals surface area contributed by atoms with Gasteiger partial charge in [0.05, 0.1) is 5.56 Å². The summed E-state index contributed by atoms with van der Waals surface area (Å²) < 4.78 is 0. The third-order valence-electron chi connectivity index (χ3n) is 4.28. The van der Waals surface area contributed by atoms with Gasteiger partial charge >= 0.3 is 0 Å². The zero-order valence-electron chi connectivity index (χ0n) is 15.6. The van der Waals surface area contributed by atoms with Crippen LogP contribution in [0.4, 0.5) is 0 Å². The second-order valence-electron chi connectivity index (χ2n) is 6.50. The molecule has 0 unspecified atom stereocenters. The van der Waals surface area contributed by atoms with Crippen molar-refractivity contribution in [2.75, 3.05) is 6.54 Å². The normalized spacial score (nSPS) is 10.7. The molecular formula is C22H20Cl2N2OS. The van der Waals surface area contributed by atoms with Crippen LogP contribution in [0.25, 0.3) is 0 Å². The Labute approximate surface area is 179 Å². The molecule has 0 bridgehead atoms. The number of rotatable bonds is 6. The molecule has 0 saturated carbocycles. The van der Waals surface area contributed by atoms with Crippen molar-refractivity contribution >= 4 is 40.9 Å². The number of benzene rings is 2. The second-order valence-corrected chi connectivity index (χ2v) is 8.44. The first-order valence-electron chi connectivity index (χ1n) is 8.85. The average Bonchev–Trinajstić information content (AvgIpc) is 2.65. The minimum Gasteiger partial charge on any atom is -0.352 e. The van der Waals surface area contributed by atoms with E-state index in [9.17, 15) is 4.79 Å². The van der Waals surface area contributed by atoms with Gasteiger partial charge in [0.1, 0.15) is 5.15 Å². The summed E-state index contributed by atoms with van der Waals surface area (Å²) in [6.45, 7) is 4.71. The molecule has 0 radical (unpaired) electrons. The molecule has 1 heterocycles. The number of hydrogen-bond donors (Lipinski definition) is 1. The number of carbonyl (C=O) groups is 1. The SMILES string of the molecule is Cc1ccc(CCNC(=O)c2cc(Cl)ncc2Sc2cccc(Cl)c2)c(C)c1. The minimum absolute atomic E-state index is 0.168. The maximum Gasteiger partial charge on any atom is 0.252 e. The van der Waals surface area contributed by atoms with Crippen LogP contribution in [0.3, 0.4) is 0 Å². The lowest BCUT2D eigenvalue weighted by molar-refractivity contribution is 0.0951. The molecule has 0 spiro atoms. The van der Waals surface area contributed by atoms with Gasteiger partial charge in [-0.15, -0.1) is 0 Å². The Hall–Kier alpha value is -2.01. The summed E-state index contributed by atoms with van der Waals surface area (Å²) in [4.78, 5) is 18.6. The first-order chi connectivity index (χ1) is 13.4. The lowest BCUT2D eigenvalue weighted by Gasteiger charge is -2.11. The number of aryl methyl sites for hydroxylation is 2. The summed E-state index contributed by atoms with van der Waals surface area (Å²) in [6, 6.07) is 15.4. The van der Waals surface area contributed by atoms with Gasteiger partial charge in [-0.3, -0.25) is 4.79 Å². The van der Waals surface area contributed by atoms with E-state index in [0.717, 1.165) is 16.2 Å². The van der Waals surface area contributed by atoms with Crippen molar-refractivity contribution < 1.29 is 4.79 Å². The fraction of sp³-hybridized carbons (Fsp3) is 0.182. The molecule has 1 amide bonds. The van der Waals surface area contributed by atoms with Crippen LogP contribution >= 0.6 is 35.0 Å². The molecule has 2 aromatic carbocycles. The van der Waals surface area contributed by atoms with Gasteiger partial charge in [0.2, 0.25) is 0 Å². The van der Waals surface area contributed by atoms with Gasteiger partial charge in [-0.1, -0.05) is 64.8 Å². The highest BCUT2D eigenvalue weighted by atomic mass is 35.5. The van der Waals surface area contributed by atoms with Crippen LogP contribution in [0.15, 0.2) is 64.5 Å². The lowest BCUT2D eigenvalue weighted by Crippen LogP contribution is -2.26. The molecule has 1 aromatic heterocycles. The first-order valence-corrected chi connectivity index (χ1v) is 10.4. The molecule has 0 atom stereocenters. The molecular weight excluding hydrogens is 411 g/mol. The summed E-state index contributed by atoms with van der Waals surface area (Å²) in [5, 5.41) is 3.92. The van der Waals surface area contributed by atoms with Gasteiger partial charge < -0.3 is 5.32 Å². The molecule has 3 aromatic rings. The van der Waals surface area contributed by atoms with Crippen molar-refractivity contribution in [1.82, 2.24) is 10.3 Å². The second kappa shape index (κ2) is 9.46. The number of carbonyl (C=O) groups excluding carboxylic acids is 1. The lowest BCUT2D eigenvalue weighted by atomic mass is 10.0. The Kier molecular flexibility index (Phi) is 7.00. The Bertz CT molecular complexity index is 1010. The van der Waals surface area contributed by atoms with Gasteiger partial charge in [0.15, 0.2) is 0 Å². The average molecular weight is 431 g/mol. The van der Waals surface area contributed by atoms with Crippen LogP contribution in [0.1, 0.15) is 27.0 Å². The highest BCUT2D eigenvalue weighted by Crippen LogP contribution is 2.32. The minimum atomic E-state index is -0.168. The molecule has 0 aliphatic carbocycles. The molecule has 1 N–H and O–H groups in total. The molecule has 0 aliphatic rings. The maximum atomic E-state index is 12.8. The fourth-order valence-electron chi connectivity index (χ4n) is 2.87. The van der Waals surface area contributed by atoms with Crippen molar-refractivity contribution in [3.05, 3.63) is 87.2 Å². The van der Waals surface area contributed by atoms with Crippen LogP contribution in [-0.4, -0.2) is 17.4 Å². The van der Waals surface area contributed by atoms with Crippen LogP contribution in [0.2, 0.25) is 10.2 Å². The van der Waals surface area contributed by atoms with E-state index >= 15 is 0 Å². The smallest absolute Gasteiger partial charge is 0.252 e. The number of amides is 1. The van der Waals surface area contributed by atoms with Crippen LogP contribution in [0, 0.1) is 13.8 Å². The van der Waals surface area contributed by atoms with Gasteiger partial charge in [-0.25, -0.2) is 4.98 Å². The molecule has 144 valence electrons. The standard InChI is InChI=1S/C22H20Cl2N2OS/c1-14-6-7-16(15(2)10-14)8-9-25-22(27)19-12-21(24)26-13-20(19)28-18-5-3-4-17(23)11-18/h3-7,10-13H,8-9H2,1-2H3,(H,25,27). The molecule has 0 saturated heterocycles. The largest absolute Gasteiger partial charge is 0.352 e. The molecule has 0 fully saturated rings. The summed E-state index contributed by atoms with van der Waals surface area (Å²) in [5.74, 6) is -0.168. The topological polar surface area (TPSA) is 42.0 Å². The van der Waals surface area contributed by atoms with Crippen LogP contribution in [0.5, 0.6) is 0 Å². The number of nitrogens with zero attached hydrogens (tertiary/aromatic N) is 1. The van der Waals surface area contributed by atoms with Gasteiger partial charge in [0, 0.05) is 27.6 Å². The van der Waals surface area contributed by atoms with E-state index in [1.165, 1.54) is 28.5 Å². The van der Waals surface area contributed by atoms with Crippen molar-refractivity contribution in [3.63, 3.8) is 0 Å². The third-order valence-corrected chi connectivity index (χ3v) is 5.76. The maximum absolute atomic E-state index is 12.8. The Morgan fingerprint density at radius 2 is 1.93 bits per heavy atom. The van der Waals surface area contributed by atoms with Gasteiger partial charge in [-0.05, 0) is 55.7 Å². The fourth-order valence-corrected chi connectivity index (χ4v) is 4.23. The monoisotopic (exact) mass is 430 g/mol. The Morgan fingerprint density at radius 1 is 1.11 bits per heavy atom. The number of hydrogen-bond acceptors (Lipinski definition) is 3. The summed E-state index contributed by atoms with van der Waals surface area (Å²) >= 11 is 13.5. The van der Waals surface area contributed by atoms with Crippen molar-refractivity contribution in [2.24, 2.45) is 0 Å². The molecule has 3 nitrogen and oxygen atoms in total. The van der Waals surface area contributed by atoms with E-state index in [-0.39, 0.29) is 11.1 Å². The van der Waals surface area contributed by atoms with Crippen molar-refractivity contribution in [2.45, 2.75) is 30.1 Å². The number of aromatic nitrogens is 1. The van der Waals surface area contributed by atoms with Crippen molar-refractivity contribution in [1.29, 1.82) is 0 Å². The van der Waals surface area contributed by atoms with E-state index in [4.69, 9.17) is 23.2 Å². The predicted octanol–water partition coefficient (Wildman–Crippen LogP) is 6.13. The zero-order valence-corrected chi connectivity index (χ0v) is 18.0. The van der Waals surface area contributed by atoms with E-state index in [2.05, 4.69) is 42.3 Å².